The molecule has 5 nitrogen and oxygen atoms in total. The molecule has 0 spiro atoms. The summed E-state index contributed by atoms with van der Waals surface area (Å²) in [7, 11) is -3.70. The van der Waals surface area contributed by atoms with E-state index in [9.17, 15) is 13.2 Å². The van der Waals surface area contributed by atoms with E-state index >= 15 is 0 Å². The predicted molar refractivity (Wildman–Crippen MR) is 116 cm³/mol. The molecule has 1 aliphatic rings. The summed E-state index contributed by atoms with van der Waals surface area (Å²) in [6.45, 7) is 2.30. The van der Waals surface area contributed by atoms with E-state index < -0.39 is 16.1 Å². The monoisotopic (exact) mass is 452 g/mol. The van der Waals surface area contributed by atoms with Gasteiger partial charge in [0, 0.05) is 27.6 Å². The summed E-state index contributed by atoms with van der Waals surface area (Å²) < 4.78 is 25.9. The number of anilines is 1. The summed E-state index contributed by atoms with van der Waals surface area (Å²) >= 11 is 13.9. The lowest BCUT2D eigenvalue weighted by atomic mass is 10.2. The zero-order valence-corrected chi connectivity index (χ0v) is 18.7. The van der Waals surface area contributed by atoms with Gasteiger partial charge in [-0.15, -0.1) is 0 Å². The van der Waals surface area contributed by atoms with Gasteiger partial charge in [-0.1, -0.05) is 43.0 Å². The molecule has 0 aromatic heterocycles. The molecule has 1 N–H and O–H groups in total. The Hall–Kier alpha value is -0.630. The van der Waals surface area contributed by atoms with E-state index in [0.29, 0.717) is 28.3 Å². The Labute approximate surface area is 176 Å². The SMILES string of the molecule is CCC(C(=O)NCCSC1CCCC1)N(c1cc(Cl)cc(Cl)c1)S(C)(=O)=O. The number of sulfonamides is 1. The molecule has 1 aromatic carbocycles. The largest absolute Gasteiger partial charge is 0.353 e. The number of hydrogen-bond acceptors (Lipinski definition) is 4. The smallest absolute Gasteiger partial charge is 0.243 e. The fraction of sp³-hybridized carbons (Fsp3) is 0.611. The lowest BCUT2D eigenvalue weighted by Crippen LogP contribution is -2.49. The molecule has 0 heterocycles. The molecular weight excluding hydrogens is 427 g/mol. The van der Waals surface area contributed by atoms with Crippen LogP contribution in [0.5, 0.6) is 0 Å². The second-order valence-electron chi connectivity index (χ2n) is 6.68. The zero-order chi connectivity index (χ0) is 20.0. The maximum Gasteiger partial charge on any atom is 0.243 e. The molecule has 1 aromatic rings. The van der Waals surface area contributed by atoms with Gasteiger partial charge < -0.3 is 5.32 Å². The number of amides is 1. The lowest BCUT2D eigenvalue weighted by molar-refractivity contribution is -0.122. The van der Waals surface area contributed by atoms with Gasteiger partial charge in [-0.2, -0.15) is 11.8 Å². The third-order valence-electron chi connectivity index (χ3n) is 4.49. The highest BCUT2D eigenvalue weighted by molar-refractivity contribution is 7.99. The fourth-order valence-corrected chi connectivity index (χ4v) is 6.23. The molecule has 1 saturated carbocycles. The minimum Gasteiger partial charge on any atom is -0.353 e. The molecule has 0 bridgehead atoms. The van der Waals surface area contributed by atoms with Gasteiger partial charge in [-0.25, -0.2) is 8.42 Å². The molecule has 2 rings (SSSR count). The summed E-state index contributed by atoms with van der Waals surface area (Å²) in [5.41, 5.74) is 0.289. The van der Waals surface area contributed by atoms with Gasteiger partial charge in [0.05, 0.1) is 11.9 Å². The average Bonchev–Trinajstić information content (AvgIpc) is 3.07. The fourth-order valence-electron chi connectivity index (χ4n) is 3.30. The minimum absolute atomic E-state index is 0.289. The van der Waals surface area contributed by atoms with Crippen molar-refractivity contribution in [1.29, 1.82) is 0 Å². The van der Waals surface area contributed by atoms with Crippen LogP contribution in [0.1, 0.15) is 39.0 Å². The molecule has 27 heavy (non-hydrogen) atoms. The minimum atomic E-state index is -3.70. The van der Waals surface area contributed by atoms with Crippen molar-refractivity contribution < 1.29 is 13.2 Å². The Kier molecular flexibility index (Phi) is 8.59. The summed E-state index contributed by atoms with van der Waals surface area (Å²) in [6.07, 6.45) is 6.47. The van der Waals surface area contributed by atoms with Gasteiger partial charge in [0.25, 0.3) is 0 Å². The molecule has 1 atom stereocenters. The number of rotatable bonds is 9. The molecule has 152 valence electrons. The van der Waals surface area contributed by atoms with Crippen LogP contribution in [0.25, 0.3) is 0 Å². The number of thioether (sulfide) groups is 1. The number of nitrogens with one attached hydrogen (secondary N) is 1. The Morgan fingerprint density at radius 3 is 2.37 bits per heavy atom. The van der Waals surface area contributed by atoms with Gasteiger partial charge >= 0.3 is 0 Å². The Bertz CT molecular complexity index is 733. The highest BCUT2D eigenvalue weighted by Gasteiger charge is 2.31. The van der Waals surface area contributed by atoms with E-state index in [0.717, 1.165) is 16.3 Å². The van der Waals surface area contributed by atoms with Crippen molar-refractivity contribution in [2.24, 2.45) is 0 Å². The predicted octanol–water partition coefficient (Wildman–Crippen LogP) is 4.33. The zero-order valence-electron chi connectivity index (χ0n) is 15.6. The average molecular weight is 453 g/mol. The Balaban J connectivity index is 2.08. The first kappa shape index (κ1) is 22.7. The van der Waals surface area contributed by atoms with E-state index in [-0.39, 0.29) is 11.6 Å². The topological polar surface area (TPSA) is 66.5 Å². The maximum atomic E-state index is 12.7. The molecule has 1 unspecified atom stereocenters. The van der Waals surface area contributed by atoms with Crippen molar-refractivity contribution in [2.45, 2.75) is 50.3 Å². The highest BCUT2D eigenvalue weighted by Crippen LogP contribution is 2.30. The molecule has 1 aliphatic carbocycles. The Morgan fingerprint density at radius 2 is 1.85 bits per heavy atom. The van der Waals surface area contributed by atoms with E-state index in [1.807, 2.05) is 11.8 Å². The highest BCUT2D eigenvalue weighted by atomic mass is 35.5. The van der Waals surface area contributed by atoms with Crippen LogP contribution in [0.2, 0.25) is 10.0 Å². The molecule has 9 heteroatoms. The van der Waals surface area contributed by atoms with Gasteiger partial charge in [0.1, 0.15) is 6.04 Å². The van der Waals surface area contributed by atoms with Crippen LogP contribution >= 0.6 is 35.0 Å². The number of hydrogen-bond donors (Lipinski definition) is 1. The first-order valence-corrected chi connectivity index (χ1v) is 12.7. The van der Waals surface area contributed by atoms with Crippen LogP contribution in [-0.2, 0) is 14.8 Å². The number of halogens is 2. The van der Waals surface area contributed by atoms with Crippen molar-refractivity contribution >= 4 is 56.6 Å². The van der Waals surface area contributed by atoms with Crippen LogP contribution in [0, 0.1) is 0 Å². The number of benzene rings is 1. The third-order valence-corrected chi connectivity index (χ3v) is 7.49. The standard InChI is InChI=1S/C18H26Cl2N2O3S2/c1-3-17(18(23)21-8-9-26-16-6-4-5-7-16)22(27(2,24)25)15-11-13(19)10-14(20)12-15/h10-12,16-17H,3-9H2,1-2H3,(H,21,23). The Morgan fingerprint density at radius 1 is 1.26 bits per heavy atom. The second kappa shape index (κ2) is 10.2. The maximum absolute atomic E-state index is 12.7. The van der Waals surface area contributed by atoms with E-state index in [1.54, 1.807) is 6.92 Å². The van der Waals surface area contributed by atoms with Crippen molar-refractivity contribution in [1.82, 2.24) is 5.32 Å². The number of nitrogens with zero attached hydrogens (tertiary/aromatic N) is 1. The summed E-state index contributed by atoms with van der Waals surface area (Å²) in [5.74, 6) is 0.514. The van der Waals surface area contributed by atoms with E-state index in [2.05, 4.69) is 5.32 Å². The summed E-state index contributed by atoms with van der Waals surface area (Å²) in [6, 6.07) is 3.67. The van der Waals surface area contributed by atoms with Gasteiger partial charge in [-0.3, -0.25) is 9.10 Å². The molecular formula is C18H26Cl2N2O3S2. The first-order valence-electron chi connectivity index (χ1n) is 9.07. The van der Waals surface area contributed by atoms with Crippen LogP contribution in [0.4, 0.5) is 5.69 Å². The van der Waals surface area contributed by atoms with Crippen LogP contribution in [0.3, 0.4) is 0 Å². The molecule has 1 fully saturated rings. The third kappa shape index (κ3) is 6.73. The molecule has 1 amide bonds. The molecule has 0 saturated heterocycles. The van der Waals surface area contributed by atoms with E-state index in [4.69, 9.17) is 23.2 Å². The first-order chi connectivity index (χ1) is 12.7. The van der Waals surface area contributed by atoms with E-state index in [1.165, 1.54) is 43.9 Å². The van der Waals surface area contributed by atoms with Gasteiger partial charge in [0.15, 0.2) is 0 Å². The molecule has 0 radical (unpaired) electrons. The van der Waals surface area contributed by atoms with Gasteiger partial charge in [0.2, 0.25) is 15.9 Å². The molecule has 0 aliphatic heterocycles. The normalized spacial score (nSPS) is 16.3. The lowest BCUT2D eigenvalue weighted by Gasteiger charge is -2.30. The van der Waals surface area contributed by atoms with Crippen LogP contribution in [-0.4, -0.2) is 44.2 Å². The summed E-state index contributed by atoms with van der Waals surface area (Å²) in [4.78, 5) is 12.7. The van der Waals surface area contributed by atoms with Crippen molar-refractivity contribution in [2.75, 3.05) is 22.9 Å². The van der Waals surface area contributed by atoms with Crippen molar-refractivity contribution in [3.8, 4) is 0 Å². The number of carbonyl (C=O) groups excluding carboxylic acids is 1. The van der Waals surface area contributed by atoms with Crippen LogP contribution in [0.15, 0.2) is 18.2 Å². The van der Waals surface area contributed by atoms with Crippen molar-refractivity contribution in [3.05, 3.63) is 28.2 Å². The second-order valence-corrected chi connectivity index (χ2v) is 10.8. The van der Waals surface area contributed by atoms with Crippen molar-refractivity contribution in [3.63, 3.8) is 0 Å². The van der Waals surface area contributed by atoms with Crippen LogP contribution < -0.4 is 9.62 Å². The summed E-state index contributed by atoms with van der Waals surface area (Å²) in [5, 5.41) is 4.19. The van der Waals surface area contributed by atoms with Gasteiger partial charge in [-0.05, 0) is 37.5 Å². The number of carbonyl (C=O) groups is 1. The quantitative estimate of drug-likeness (QED) is 0.566.